The van der Waals surface area contributed by atoms with Gasteiger partial charge in [0.05, 0.1) is 29.8 Å². The van der Waals surface area contributed by atoms with Crippen LogP contribution >= 0.6 is 23.1 Å². The molecule has 2 saturated heterocycles. The molecule has 2 aromatic carbocycles. The number of ether oxygens (including phenoxy) is 3. The van der Waals surface area contributed by atoms with E-state index in [1.165, 1.54) is 0 Å². The average Bonchev–Trinajstić information content (AvgIpc) is 3.44. The Morgan fingerprint density at radius 1 is 1.05 bits per heavy atom. The molecule has 0 spiro atoms. The number of piperazine rings is 1. The number of hydrogen-bond acceptors (Lipinski definition) is 10. The van der Waals surface area contributed by atoms with Gasteiger partial charge in [-0.1, -0.05) is 30.3 Å². The number of aromatic nitrogens is 3. The lowest BCUT2D eigenvalue weighted by atomic mass is 10.1. The molecule has 0 bridgehead atoms. The van der Waals surface area contributed by atoms with Gasteiger partial charge in [-0.15, -0.1) is 11.3 Å². The molecule has 2 aliphatic rings. The Bertz CT molecular complexity index is 1370. The normalized spacial score (nSPS) is 17.5. The fourth-order valence-electron chi connectivity index (χ4n) is 4.82. The monoisotopic (exact) mass is 563 g/mol. The van der Waals surface area contributed by atoms with Crippen molar-refractivity contribution in [2.75, 3.05) is 59.6 Å². The van der Waals surface area contributed by atoms with Gasteiger partial charge in [0.2, 0.25) is 0 Å². The second-order valence-electron chi connectivity index (χ2n) is 9.88. The predicted octanol–water partition coefficient (Wildman–Crippen LogP) is 5.09. The Hall–Kier alpha value is -2.76. The number of likely N-dealkylation sites (N-methyl/N-ethyl adjacent to an activating group) is 1. The molecule has 4 heterocycles. The molecule has 0 atom stereocenters. The highest BCUT2D eigenvalue weighted by Crippen LogP contribution is 2.41. The van der Waals surface area contributed by atoms with Gasteiger partial charge in [-0.2, -0.15) is 0 Å². The Morgan fingerprint density at radius 2 is 1.87 bits per heavy atom. The van der Waals surface area contributed by atoms with Gasteiger partial charge >= 0.3 is 0 Å². The summed E-state index contributed by atoms with van der Waals surface area (Å²) in [5, 5.41) is 3.82. The van der Waals surface area contributed by atoms with Crippen molar-refractivity contribution in [2.45, 2.75) is 28.3 Å². The Kier molecular flexibility index (Phi) is 8.56. The van der Waals surface area contributed by atoms with Crippen LogP contribution in [0, 0.1) is 0 Å². The molecular formula is C29H33N5O3S2. The minimum absolute atomic E-state index is 0.0881. The van der Waals surface area contributed by atoms with Crippen molar-refractivity contribution in [3.63, 3.8) is 0 Å². The molecule has 2 aromatic heterocycles. The summed E-state index contributed by atoms with van der Waals surface area (Å²) in [5.74, 6) is 1.53. The lowest BCUT2D eigenvalue weighted by molar-refractivity contribution is 0.0260. The van der Waals surface area contributed by atoms with Crippen LogP contribution in [0.1, 0.15) is 12.8 Å². The third-order valence-electron chi connectivity index (χ3n) is 7.11. The minimum atomic E-state index is 0.0881. The molecule has 0 aliphatic carbocycles. The van der Waals surface area contributed by atoms with Gasteiger partial charge in [-0.3, -0.25) is 4.90 Å². The van der Waals surface area contributed by atoms with Crippen LogP contribution in [0.2, 0.25) is 0 Å². The molecule has 8 nitrogen and oxygen atoms in total. The number of rotatable bonds is 9. The summed E-state index contributed by atoms with van der Waals surface area (Å²) in [6.45, 7) is 7.30. The summed E-state index contributed by atoms with van der Waals surface area (Å²) in [7, 11) is 2.17. The zero-order valence-corrected chi connectivity index (χ0v) is 23.8. The van der Waals surface area contributed by atoms with E-state index in [1.807, 2.05) is 30.3 Å². The van der Waals surface area contributed by atoms with Crippen molar-refractivity contribution >= 4 is 34.0 Å². The van der Waals surface area contributed by atoms with E-state index >= 15 is 0 Å². The number of fused-ring (bicyclic) bond motifs is 1. The van der Waals surface area contributed by atoms with Crippen molar-refractivity contribution in [1.82, 2.24) is 24.8 Å². The van der Waals surface area contributed by atoms with Crippen molar-refractivity contribution in [2.24, 2.45) is 0 Å². The molecule has 0 unspecified atom stereocenters. The number of hydrogen-bond donors (Lipinski definition) is 0. The molecule has 2 aliphatic heterocycles. The van der Waals surface area contributed by atoms with Gasteiger partial charge in [0.25, 0.3) is 0 Å². The van der Waals surface area contributed by atoms with Crippen LogP contribution in [0.25, 0.3) is 22.2 Å². The van der Waals surface area contributed by atoms with E-state index in [2.05, 4.69) is 44.3 Å². The summed E-state index contributed by atoms with van der Waals surface area (Å²) in [5.41, 5.74) is 2.89. The number of nitrogens with zero attached hydrogens (tertiary/aromatic N) is 5. The molecule has 2 fully saturated rings. The number of thiazole rings is 1. The maximum absolute atomic E-state index is 6.58. The summed E-state index contributed by atoms with van der Waals surface area (Å²) >= 11 is 3.17. The quantitative estimate of drug-likeness (QED) is 0.259. The Labute approximate surface area is 237 Å². The zero-order valence-electron chi connectivity index (χ0n) is 22.1. The van der Waals surface area contributed by atoms with E-state index in [1.54, 1.807) is 29.4 Å². The Balaban J connectivity index is 1.25. The van der Waals surface area contributed by atoms with Crippen molar-refractivity contribution in [1.29, 1.82) is 0 Å². The third kappa shape index (κ3) is 6.70. The molecule has 0 radical (unpaired) electrons. The maximum atomic E-state index is 6.58. The molecule has 39 heavy (non-hydrogen) atoms. The fourth-order valence-corrected chi connectivity index (χ4v) is 6.66. The lowest BCUT2D eigenvalue weighted by Crippen LogP contribution is -2.45. The van der Waals surface area contributed by atoms with E-state index in [0.29, 0.717) is 19.8 Å². The summed E-state index contributed by atoms with van der Waals surface area (Å²) in [6.07, 6.45) is 3.42. The first kappa shape index (κ1) is 26.5. The standard InChI is InChI=1S/C29H33N5O3S2/c1-33-9-11-34(12-10-33)13-16-36-23-17-24-27(26(18-23)37-22-7-14-35-15-8-22)28(31-20-30-24)39-29-32-25(19-38-29)21-5-3-2-4-6-21/h2-6,17-20,22H,7-16H2,1H3. The minimum Gasteiger partial charge on any atom is -0.492 e. The largest absolute Gasteiger partial charge is 0.492 e. The second kappa shape index (κ2) is 12.6. The second-order valence-corrected chi connectivity index (χ2v) is 12.0. The smallest absolute Gasteiger partial charge is 0.156 e. The summed E-state index contributed by atoms with van der Waals surface area (Å²) in [6, 6.07) is 14.2. The van der Waals surface area contributed by atoms with E-state index in [9.17, 15) is 0 Å². The molecule has 0 amide bonds. The topological polar surface area (TPSA) is 72.8 Å². The molecule has 6 rings (SSSR count). The third-order valence-corrected chi connectivity index (χ3v) is 9.05. The van der Waals surface area contributed by atoms with Gasteiger partial charge in [0, 0.05) is 68.6 Å². The molecule has 0 saturated carbocycles. The van der Waals surface area contributed by atoms with Crippen molar-refractivity contribution in [3.8, 4) is 22.8 Å². The molecular weight excluding hydrogens is 530 g/mol. The van der Waals surface area contributed by atoms with Crippen LogP contribution in [0.4, 0.5) is 0 Å². The van der Waals surface area contributed by atoms with Gasteiger partial charge in [0.15, 0.2) is 4.34 Å². The van der Waals surface area contributed by atoms with Crippen LogP contribution < -0.4 is 9.47 Å². The van der Waals surface area contributed by atoms with Gasteiger partial charge in [-0.25, -0.2) is 15.0 Å². The average molecular weight is 564 g/mol. The lowest BCUT2D eigenvalue weighted by Gasteiger charge is -2.32. The van der Waals surface area contributed by atoms with Gasteiger partial charge in [0.1, 0.15) is 35.6 Å². The highest BCUT2D eigenvalue weighted by Gasteiger charge is 2.21. The van der Waals surface area contributed by atoms with E-state index < -0.39 is 0 Å². The molecule has 4 aromatic rings. The first-order chi connectivity index (χ1) is 19.2. The predicted molar refractivity (Wildman–Crippen MR) is 155 cm³/mol. The van der Waals surface area contributed by atoms with Crippen molar-refractivity contribution in [3.05, 3.63) is 54.2 Å². The van der Waals surface area contributed by atoms with Gasteiger partial charge in [-0.05, 0) is 18.8 Å². The summed E-state index contributed by atoms with van der Waals surface area (Å²) in [4.78, 5) is 19.0. The molecule has 0 N–H and O–H groups in total. The van der Waals surface area contributed by atoms with E-state index in [0.717, 1.165) is 88.6 Å². The summed E-state index contributed by atoms with van der Waals surface area (Å²) < 4.78 is 19.3. The number of benzene rings is 2. The van der Waals surface area contributed by atoms with Gasteiger partial charge < -0.3 is 19.1 Å². The van der Waals surface area contributed by atoms with E-state index in [-0.39, 0.29) is 6.10 Å². The van der Waals surface area contributed by atoms with Crippen LogP contribution in [-0.2, 0) is 4.74 Å². The molecule has 10 heteroatoms. The van der Waals surface area contributed by atoms with Crippen LogP contribution in [-0.4, -0.2) is 90.4 Å². The zero-order chi connectivity index (χ0) is 26.4. The van der Waals surface area contributed by atoms with Crippen LogP contribution in [0.5, 0.6) is 11.5 Å². The fraction of sp³-hybridized carbons (Fsp3) is 0.414. The van der Waals surface area contributed by atoms with Crippen LogP contribution in [0.15, 0.2) is 63.5 Å². The maximum Gasteiger partial charge on any atom is 0.156 e. The SMILES string of the molecule is CN1CCN(CCOc2cc(OC3CCOCC3)c3c(Sc4nc(-c5ccccc5)cs4)ncnc3c2)CC1. The van der Waals surface area contributed by atoms with Crippen LogP contribution in [0.3, 0.4) is 0 Å². The first-order valence-corrected chi connectivity index (χ1v) is 15.2. The first-order valence-electron chi connectivity index (χ1n) is 13.5. The van der Waals surface area contributed by atoms with Crippen molar-refractivity contribution < 1.29 is 14.2 Å². The molecule has 204 valence electrons. The van der Waals surface area contributed by atoms with E-state index in [4.69, 9.17) is 19.2 Å². The Morgan fingerprint density at radius 3 is 2.69 bits per heavy atom. The highest BCUT2D eigenvalue weighted by molar-refractivity contribution is 8.01. The highest BCUT2D eigenvalue weighted by atomic mass is 32.2.